The van der Waals surface area contributed by atoms with Crippen molar-refractivity contribution in [3.8, 4) is 5.75 Å². The molecule has 3 nitrogen and oxygen atoms in total. The first-order valence-corrected chi connectivity index (χ1v) is 4.82. The third-order valence-corrected chi connectivity index (χ3v) is 2.13. The third-order valence-electron chi connectivity index (χ3n) is 1.46. The van der Waals surface area contributed by atoms with E-state index in [1.807, 2.05) is 12.1 Å². The van der Waals surface area contributed by atoms with Gasteiger partial charge in [-0.05, 0) is 47.7 Å². The Morgan fingerprint density at radius 3 is 2.85 bits per heavy atom. The normalized spacial score (nSPS) is 12.2. The monoisotopic (exact) mass is 292 g/mol. The van der Waals surface area contributed by atoms with E-state index in [1.54, 1.807) is 12.1 Å². The van der Waals surface area contributed by atoms with Crippen molar-refractivity contribution in [1.82, 2.24) is 0 Å². The number of aliphatic carboxylic acids is 1. The molecular weight excluding hydrogens is 283 g/mol. The Morgan fingerprint density at radius 2 is 2.31 bits per heavy atom. The summed E-state index contributed by atoms with van der Waals surface area (Å²) in [5.74, 6) is -0.374. The molecule has 0 aliphatic heterocycles. The molecule has 0 spiro atoms. The number of ether oxygens (including phenoxy) is 1. The van der Waals surface area contributed by atoms with Gasteiger partial charge in [0, 0.05) is 3.57 Å². The van der Waals surface area contributed by atoms with E-state index in [0.717, 1.165) is 3.57 Å². The van der Waals surface area contributed by atoms with E-state index >= 15 is 0 Å². The van der Waals surface area contributed by atoms with E-state index in [1.165, 1.54) is 6.92 Å². The van der Waals surface area contributed by atoms with Gasteiger partial charge >= 0.3 is 5.97 Å². The van der Waals surface area contributed by atoms with Gasteiger partial charge in [0.05, 0.1) is 0 Å². The van der Waals surface area contributed by atoms with Crippen LogP contribution in [0.5, 0.6) is 5.75 Å². The van der Waals surface area contributed by atoms with Crippen LogP contribution < -0.4 is 4.74 Å². The Kier molecular flexibility index (Phi) is 3.53. The highest BCUT2D eigenvalue weighted by Crippen LogP contribution is 2.16. The fourth-order valence-electron chi connectivity index (χ4n) is 0.795. The van der Waals surface area contributed by atoms with Gasteiger partial charge in [0.1, 0.15) is 5.75 Å². The standard InChI is InChI=1S/C9H9IO3/c1-6(9(11)12)13-8-4-2-3-7(10)5-8/h2-6H,1H3,(H,11,12)/t6-/m1/s1. The summed E-state index contributed by atoms with van der Waals surface area (Å²) in [6.07, 6.45) is -0.807. The molecule has 13 heavy (non-hydrogen) atoms. The number of benzene rings is 1. The van der Waals surface area contributed by atoms with Crippen LogP contribution in [-0.4, -0.2) is 17.2 Å². The topological polar surface area (TPSA) is 46.5 Å². The summed E-state index contributed by atoms with van der Waals surface area (Å²) in [6.45, 7) is 1.50. The summed E-state index contributed by atoms with van der Waals surface area (Å²) in [6, 6.07) is 7.27. The van der Waals surface area contributed by atoms with Crippen molar-refractivity contribution in [3.05, 3.63) is 27.8 Å². The largest absolute Gasteiger partial charge is 0.479 e. The summed E-state index contributed by atoms with van der Waals surface area (Å²) in [5, 5.41) is 8.59. The van der Waals surface area contributed by atoms with Crippen LogP contribution in [0.1, 0.15) is 6.92 Å². The molecule has 1 N–H and O–H groups in total. The number of hydrogen-bond donors (Lipinski definition) is 1. The van der Waals surface area contributed by atoms with Crippen LogP contribution >= 0.6 is 22.6 Å². The van der Waals surface area contributed by atoms with E-state index in [9.17, 15) is 4.79 Å². The second-order valence-corrected chi connectivity index (χ2v) is 3.80. The first kappa shape index (κ1) is 10.3. The van der Waals surface area contributed by atoms with Crippen LogP contribution in [0.25, 0.3) is 0 Å². The molecule has 0 radical (unpaired) electrons. The molecule has 0 heterocycles. The molecular formula is C9H9IO3. The maximum atomic E-state index is 10.5. The summed E-state index contributed by atoms with van der Waals surface area (Å²) in [7, 11) is 0. The Bertz CT molecular complexity index is 311. The van der Waals surface area contributed by atoms with Crippen LogP contribution in [0.15, 0.2) is 24.3 Å². The number of halogens is 1. The summed E-state index contributed by atoms with van der Waals surface area (Å²) in [5.41, 5.74) is 0. The van der Waals surface area contributed by atoms with Gasteiger partial charge in [-0.25, -0.2) is 4.79 Å². The average Bonchev–Trinajstić information content (AvgIpc) is 2.04. The zero-order chi connectivity index (χ0) is 9.84. The van der Waals surface area contributed by atoms with Gasteiger partial charge in [0.2, 0.25) is 0 Å². The second kappa shape index (κ2) is 4.45. The predicted molar refractivity (Wildman–Crippen MR) is 56.9 cm³/mol. The van der Waals surface area contributed by atoms with Crippen LogP contribution in [0.4, 0.5) is 0 Å². The van der Waals surface area contributed by atoms with E-state index in [-0.39, 0.29) is 0 Å². The minimum atomic E-state index is -0.959. The first-order valence-electron chi connectivity index (χ1n) is 3.74. The number of carbonyl (C=O) groups is 1. The maximum absolute atomic E-state index is 10.5. The molecule has 0 amide bonds. The number of rotatable bonds is 3. The van der Waals surface area contributed by atoms with Crippen molar-refractivity contribution in [2.24, 2.45) is 0 Å². The lowest BCUT2D eigenvalue weighted by molar-refractivity contribution is -0.144. The van der Waals surface area contributed by atoms with Crippen LogP contribution in [0.3, 0.4) is 0 Å². The van der Waals surface area contributed by atoms with E-state index in [2.05, 4.69) is 22.6 Å². The fourth-order valence-corrected chi connectivity index (χ4v) is 1.31. The molecule has 4 heteroatoms. The van der Waals surface area contributed by atoms with E-state index < -0.39 is 12.1 Å². The van der Waals surface area contributed by atoms with E-state index in [0.29, 0.717) is 5.75 Å². The Hall–Kier alpha value is -0.780. The molecule has 0 aliphatic carbocycles. The molecule has 0 saturated heterocycles. The smallest absolute Gasteiger partial charge is 0.344 e. The zero-order valence-corrected chi connectivity index (χ0v) is 9.19. The molecule has 1 aromatic carbocycles. The van der Waals surface area contributed by atoms with Crippen LogP contribution in [-0.2, 0) is 4.79 Å². The van der Waals surface area contributed by atoms with Gasteiger partial charge in [0.15, 0.2) is 6.10 Å². The highest BCUT2D eigenvalue weighted by molar-refractivity contribution is 14.1. The fraction of sp³-hybridized carbons (Fsp3) is 0.222. The van der Waals surface area contributed by atoms with Gasteiger partial charge in [0.25, 0.3) is 0 Å². The SMILES string of the molecule is C[C@@H](Oc1cccc(I)c1)C(=O)O. The van der Waals surface area contributed by atoms with Crippen molar-refractivity contribution >= 4 is 28.6 Å². The molecule has 1 atom stereocenters. The van der Waals surface area contributed by atoms with Gasteiger partial charge in [-0.3, -0.25) is 0 Å². The molecule has 1 aromatic rings. The molecule has 0 unspecified atom stereocenters. The first-order chi connectivity index (χ1) is 6.09. The van der Waals surface area contributed by atoms with Crippen LogP contribution in [0.2, 0.25) is 0 Å². The highest BCUT2D eigenvalue weighted by atomic mass is 127. The van der Waals surface area contributed by atoms with Gasteiger partial charge in [-0.2, -0.15) is 0 Å². The Morgan fingerprint density at radius 1 is 1.62 bits per heavy atom. The Balaban J connectivity index is 2.69. The highest BCUT2D eigenvalue weighted by Gasteiger charge is 2.11. The second-order valence-electron chi connectivity index (χ2n) is 2.56. The van der Waals surface area contributed by atoms with Gasteiger partial charge in [-0.1, -0.05) is 6.07 Å². The molecule has 0 fully saturated rings. The lowest BCUT2D eigenvalue weighted by Gasteiger charge is -2.09. The van der Waals surface area contributed by atoms with Crippen molar-refractivity contribution in [1.29, 1.82) is 0 Å². The number of carboxylic acid groups (broad SMARTS) is 1. The minimum Gasteiger partial charge on any atom is -0.479 e. The van der Waals surface area contributed by atoms with Gasteiger partial charge < -0.3 is 9.84 Å². The molecule has 0 aliphatic rings. The summed E-state index contributed by atoms with van der Waals surface area (Å²) in [4.78, 5) is 10.5. The van der Waals surface area contributed by atoms with Crippen molar-refractivity contribution < 1.29 is 14.6 Å². The summed E-state index contributed by atoms with van der Waals surface area (Å²) >= 11 is 2.14. The number of carboxylic acids is 1. The average molecular weight is 292 g/mol. The Labute approximate surface area is 89.9 Å². The van der Waals surface area contributed by atoms with E-state index in [4.69, 9.17) is 9.84 Å². The van der Waals surface area contributed by atoms with Crippen molar-refractivity contribution in [2.45, 2.75) is 13.0 Å². The zero-order valence-electron chi connectivity index (χ0n) is 7.03. The molecule has 0 bridgehead atoms. The molecule has 70 valence electrons. The quantitative estimate of drug-likeness (QED) is 0.868. The lowest BCUT2D eigenvalue weighted by atomic mass is 10.3. The predicted octanol–water partition coefficient (Wildman–Crippen LogP) is 2.14. The van der Waals surface area contributed by atoms with Crippen LogP contribution in [0, 0.1) is 3.57 Å². The third kappa shape index (κ3) is 3.22. The molecule has 0 saturated carbocycles. The molecule has 0 aromatic heterocycles. The minimum absolute atomic E-state index is 0.585. The number of hydrogen-bond acceptors (Lipinski definition) is 2. The maximum Gasteiger partial charge on any atom is 0.344 e. The lowest BCUT2D eigenvalue weighted by Crippen LogP contribution is -2.22. The van der Waals surface area contributed by atoms with Crippen molar-refractivity contribution in [3.63, 3.8) is 0 Å². The molecule has 1 rings (SSSR count). The van der Waals surface area contributed by atoms with Gasteiger partial charge in [-0.15, -0.1) is 0 Å². The summed E-state index contributed by atoms with van der Waals surface area (Å²) < 4.78 is 6.17. The van der Waals surface area contributed by atoms with Crippen molar-refractivity contribution in [2.75, 3.05) is 0 Å².